The fourth-order valence-electron chi connectivity index (χ4n) is 3.28. The molecule has 1 aromatic carbocycles. The second-order valence-electron chi connectivity index (χ2n) is 6.42. The molecule has 0 spiro atoms. The molecule has 1 aliphatic rings. The Morgan fingerprint density at radius 1 is 1.38 bits per heavy atom. The van der Waals surface area contributed by atoms with Gasteiger partial charge in [-0.3, -0.25) is 9.89 Å². The Morgan fingerprint density at radius 2 is 2.23 bits per heavy atom. The molecule has 134 valence electrons. The van der Waals surface area contributed by atoms with Crippen LogP contribution in [0.15, 0.2) is 34.9 Å². The number of rotatable bonds is 4. The van der Waals surface area contributed by atoms with Crippen LogP contribution >= 0.6 is 0 Å². The number of nitrogens with zero attached hydrogens (tertiary/aromatic N) is 3. The van der Waals surface area contributed by atoms with E-state index in [1.807, 2.05) is 0 Å². The van der Waals surface area contributed by atoms with E-state index in [9.17, 15) is 9.18 Å². The third kappa shape index (κ3) is 2.89. The fourth-order valence-corrected chi connectivity index (χ4v) is 3.28. The Labute approximate surface area is 150 Å². The molecule has 0 bridgehead atoms. The lowest BCUT2D eigenvalue weighted by Crippen LogP contribution is -2.35. The third-order valence-electron chi connectivity index (χ3n) is 4.61. The zero-order chi connectivity index (χ0) is 18.1. The van der Waals surface area contributed by atoms with E-state index in [4.69, 9.17) is 4.52 Å². The summed E-state index contributed by atoms with van der Waals surface area (Å²) in [6, 6.07) is 8.24. The van der Waals surface area contributed by atoms with Crippen molar-refractivity contribution in [1.82, 2.24) is 20.3 Å². The average Bonchev–Trinajstić information content (AvgIpc) is 3.28. The van der Waals surface area contributed by atoms with Gasteiger partial charge in [0.05, 0.1) is 6.54 Å². The smallest absolute Gasteiger partial charge is 0.274 e. The number of hydrogen-bond donors (Lipinski definition) is 1. The summed E-state index contributed by atoms with van der Waals surface area (Å²) in [7, 11) is 0. The van der Waals surface area contributed by atoms with Gasteiger partial charge in [0.1, 0.15) is 23.0 Å². The fraction of sp³-hybridized carbons (Fsp3) is 0.316. The van der Waals surface area contributed by atoms with Gasteiger partial charge >= 0.3 is 0 Å². The molecule has 2 aromatic heterocycles. The van der Waals surface area contributed by atoms with Crippen LogP contribution in [0.1, 0.15) is 40.9 Å². The summed E-state index contributed by atoms with van der Waals surface area (Å²) in [5.74, 6) is 0.208. The van der Waals surface area contributed by atoms with Gasteiger partial charge < -0.3 is 9.42 Å². The van der Waals surface area contributed by atoms with Crippen LogP contribution in [0.25, 0.3) is 11.3 Å². The van der Waals surface area contributed by atoms with Crippen molar-refractivity contribution in [3.63, 3.8) is 0 Å². The summed E-state index contributed by atoms with van der Waals surface area (Å²) < 4.78 is 19.5. The quantitative estimate of drug-likeness (QED) is 0.780. The topological polar surface area (TPSA) is 75.0 Å². The summed E-state index contributed by atoms with van der Waals surface area (Å²) >= 11 is 0. The number of benzene rings is 1. The van der Waals surface area contributed by atoms with Crippen LogP contribution in [-0.2, 0) is 19.4 Å². The van der Waals surface area contributed by atoms with Gasteiger partial charge in [-0.2, -0.15) is 5.10 Å². The number of H-pyrrole nitrogens is 1. The van der Waals surface area contributed by atoms with E-state index in [0.29, 0.717) is 42.2 Å². The molecular formula is C19H19FN4O2. The minimum absolute atomic E-state index is 0.144. The molecule has 1 amide bonds. The molecule has 7 heteroatoms. The Bertz CT molecular complexity index is 947. The van der Waals surface area contributed by atoms with Crippen LogP contribution in [0.4, 0.5) is 4.39 Å². The van der Waals surface area contributed by atoms with Crippen molar-refractivity contribution in [2.75, 3.05) is 6.54 Å². The van der Waals surface area contributed by atoms with Crippen LogP contribution in [0.5, 0.6) is 0 Å². The number of fused-ring (bicyclic) bond motifs is 1. The normalized spacial score (nSPS) is 13.7. The number of aromatic nitrogens is 3. The molecule has 3 aromatic rings. The lowest BCUT2D eigenvalue weighted by atomic mass is 10.0. The van der Waals surface area contributed by atoms with E-state index < -0.39 is 0 Å². The molecule has 6 nitrogen and oxygen atoms in total. The zero-order valence-corrected chi connectivity index (χ0v) is 14.5. The van der Waals surface area contributed by atoms with Crippen LogP contribution in [-0.4, -0.2) is 32.7 Å². The molecule has 0 fully saturated rings. The molecular weight excluding hydrogens is 335 g/mol. The number of carbonyl (C=O) groups excluding carboxylic acids is 1. The van der Waals surface area contributed by atoms with Crippen LogP contribution < -0.4 is 0 Å². The second kappa shape index (κ2) is 6.74. The van der Waals surface area contributed by atoms with Crippen LogP contribution in [0.3, 0.4) is 0 Å². The molecule has 0 saturated heterocycles. The number of amides is 1. The molecule has 4 rings (SSSR count). The van der Waals surface area contributed by atoms with E-state index in [-0.39, 0.29) is 11.7 Å². The van der Waals surface area contributed by atoms with Crippen molar-refractivity contribution in [1.29, 1.82) is 0 Å². The van der Waals surface area contributed by atoms with Gasteiger partial charge in [-0.1, -0.05) is 30.6 Å². The summed E-state index contributed by atoms with van der Waals surface area (Å²) in [6.45, 7) is 2.93. The highest BCUT2D eigenvalue weighted by Gasteiger charge is 2.29. The van der Waals surface area contributed by atoms with Gasteiger partial charge in [0, 0.05) is 29.8 Å². The van der Waals surface area contributed by atoms with Crippen molar-refractivity contribution in [3.8, 4) is 11.3 Å². The minimum atomic E-state index is -0.358. The van der Waals surface area contributed by atoms with Gasteiger partial charge in [0.15, 0.2) is 0 Å². The number of aromatic amines is 1. The first-order valence-electron chi connectivity index (χ1n) is 8.73. The number of carbonyl (C=O) groups is 1. The van der Waals surface area contributed by atoms with Gasteiger partial charge in [-0.05, 0) is 24.6 Å². The Morgan fingerprint density at radius 3 is 3.04 bits per heavy atom. The van der Waals surface area contributed by atoms with Crippen molar-refractivity contribution in [3.05, 3.63) is 58.9 Å². The van der Waals surface area contributed by atoms with Gasteiger partial charge in [-0.15, -0.1) is 0 Å². The lowest BCUT2D eigenvalue weighted by Gasteiger charge is -2.25. The Hall–Kier alpha value is -2.96. The van der Waals surface area contributed by atoms with Gasteiger partial charge in [-0.25, -0.2) is 4.39 Å². The average molecular weight is 354 g/mol. The van der Waals surface area contributed by atoms with Crippen molar-refractivity contribution in [2.24, 2.45) is 0 Å². The number of aryl methyl sites for hydroxylation is 1. The Balaban J connectivity index is 1.60. The predicted molar refractivity (Wildman–Crippen MR) is 92.9 cm³/mol. The van der Waals surface area contributed by atoms with E-state index in [2.05, 4.69) is 22.3 Å². The van der Waals surface area contributed by atoms with Crippen LogP contribution in [0, 0.1) is 5.82 Å². The van der Waals surface area contributed by atoms with Crippen molar-refractivity contribution >= 4 is 5.91 Å². The highest BCUT2D eigenvalue weighted by atomic mass is 19.1. The second-order valence-corrected chi connectivity index (χ2v) is 6.42. The minimum Gasteiger partial charge on any atom is -0.360 e. The molecule has 1 aliphatic heterocycles. The maximum Gasteiger partial charge on any atom is 0.274 e. The van der Waals surface area contributed by atoms with E-state index in [0.717, 1.165) is 24.1 Å². The van der Waals surface area contributed by atoms with Crippen molar-refractivity contribution < 1.29 is 13.7 Å². The molecule has 0 unspecified atom stereocenters. The third-order valence-corrected chi connectivity index (χ3v) is 4.61. The highest BCUT2D eigenvalue weighted by molar-refractivity contribution is 5.92. The Kier molecular flexibility index (Phi) is 4.28. The molecule has 0 radical (unpaired) electrons. The monoisotopic (exact) mass is 354 g/mol. The maximum absolute atomic E-state index is 14.1. The number of hydrogen-bond acceptors (Lipinski definition) is 4. The molecule has 26 heavy (non-hydrogen) atoms. The highest BCUT2D eigenvalue weighted by Crippen LogP contribution is 2.31. The molecule has 0 saturated carbocycles. The number of halogens is 1. The summed E-state index contributed by atoms with van der Waals surface area (Å²) in [6.07, 6.45) is 2.39. The standard InChI is InChI=1S/C19H19FN4O2/c1-2-5-12-10-16(22-21-12)19(25)24-9-8-17-14(11-24)18(23-26-17)13-6-3-4-7-15(13)20/h3-4,6-7,10H,2,5,8-9,11H2,1H3,(H,21,22). The first-order valence-corrected chi connectivity index (χ1v) is 8.73. The first-order chi connectivity index (χ1) is 12.7. The van der Waals surface area contributed by atoms with Gasteiger partial charge in [0.25, 0.3) is 5.91 Å². The van der Waals surface area contributed by atoms with E-state index in [1.54, 1.807) is 29.2 Å². The maximum atomic E-state index is 14.1. The predicted octanol–water partition coefficient (Wildman–Crippen LogP) is 3.35. The van der Waals surface area contributed by atoms with Crippen LogP contribution in [0.2, 0.25) is 0 Å². The summed E-state index contributed by atoms with van der Waals surface area (Å²) in [5.41, 5.74) is 2.96. The van der Waals surface area contributed by atoms with E-state index >= 15 is 0 Å². The molecule has 0 atom stereocenters. The molecule has 1 N–H and O–H groups in total. The number of nitrogens with one attached hydrogen (secondary N) is 1. The molecule has 0 aliphatic carbocycles. The zero-order valence-electron chi connectivity index (χ0n) is 14.5. The van der Waals surface area contributed by atoms with Gasteiger partial charge in [0.2, 0.25) is 0 Å². The van der Waals surface area contributed by atoms with Crippen molar-refractivity contribution in [2.45, 2.75) is 32.7 Å². The first kappa shape index (κ1) is 16.5. The summed E-state index contributed by atoms with van der Waals surface area (Å²) in [5, 5.41) is 11.1. The lowest BCUT2D eigenvalue weighted by molar-refractivity contribution is 0.0723. The SMILES string of the molecule is CCCc1cc(C(=O)N2CCc3onc(-c4ccccc4F)c3C2)n[nH]1. The van der Waals surface area contributed by atoms with E-state index in [1.165, 1.54) is 6.07 Å². The molecule has 3 heterocycles. The largest absolute Gasteiger partial charge is 0.360 e. The summed E-state index contributed by atoms with van der Waals surface area (Å²) in [4.78, 5) is 14.5.